The molecule has 2 aromatic rings. The molecule has 2 heterocycles. The molecule has 3 rings (SSSR count). The Kier molecular flexibility index (Phi) is 4.10. The Morgan fingerprint density at radius 3 is 2.59 bits per heavy atom. The van der Waals surface area contributed by atoms with Gasteiger partial charge in [0, 0.05) is 11.8 Å². The molecule has 1 fully saturated rings. The Bertz CT molecular complexity index is 627. The van der Waals surface area contributed by atoms with Gasteiger partial charge in [0.05, 0.1) is 19.4 Å². The molecule has 1 aliphatic rings. The van der Waals surface area contributed by atoms with Gasteiger partial charge in [0.25, 0.3) is 0 Å². The fourth-order valence-corrected chi connectivity index (χ4v) is 2.75. The van der Waals surface area contributed by atoms with Crippen LogP contribution in [0.25, 0.3) is 0 Å². The van der Waals surface area contributed by atoms with E-state index in [2.05, 4.69) is 13.0 Å². The lowest BCUT2D eigenvalue weighted by molar-refractivity contribution is -0.136. The number of furan rings is 2. The first-order chi connectivity index (χ1) is 10.5. The van der Waals surface area contributed by atoms with E-state index in [4.69, 9.17) is 8.83 Å². The fraction of sp³-hybridized carbons (Fsp3) is 0.500. The molecule has 1 saturated carbocycles. The molecule has 0 saturated heterocycles. The summed E-state index contributed by atoms with van der Waals surface area (Å²) in [5.74, 6) is 4.02. The molecule has 2 unspecified atom stereocenters. The smallest absolute Gasteiger partial charge is 0.225 e. The van der Waals surface area contributed by atoms with Gasteiger partial charge < -0.3 is 13.7 Å². The lowest BCUT2D eigenvalue weighted by Gasteiger charge is -2.22. The zero-order valence-corrected chi connectivity index (χ0v) is 13.4. The van der Waals surface area contributed by atoms with E-state index >= 15 is 0 Å². The molecule has 0 radical (unpaired) electrons. The molecular weight excluding hydrogens is 278 g/mol. The van der Waals surface area contributed by atoms with Gasteiger partial charge in [-0.05, 0) is 36.6 Å². The first-order valence-corrected chi connectivity index (χ1v) is 7.94. The Morgan fingerprint density at radius 1 is 1.27 bits per heavy atom. The van der Waals surface area contributed by atoms with Gasteiger partial charge in [-0.3, -0.25) is 4.79 Å². The standard InChI is InChI=1S/C18H23NO3/c1-12(2)18(20)19(10-14-5-4-8-21-14)11-15-6-7-17(22-15)16-9-13(16)3/h4-8,12-13,16H,9-11H2,1-3H3. The molecule has 118 valence electrons. The minimum absolute atomic E-state index is 0.0483. The first kappa shape index (κ1) is 14.9. The van der Waals surface area contributed by atoms with Gasteiger partial charge in [-0.2, -0.15) is 0 Å². The molecule has 4 heteroatoms. The van der Waals surface area contributed by atoms with Crippen LogP contribution in [0, 0.1) is 11.8 Å². The molecule has 0 aromatic carbocycles. The van der Waals surface area contributed by atoms with E-state index in [1.54, 1.807) is 11.2 Å². The second-order valence-corrected chi connectivity index (χ2v) is 6.55. The summed E-state index contributed by atoms with van der Waals surface area (Å²) in [7, 11) is 0. The summed E-state index contributed by atoms with van der Waals surface area (Å²) in [6.07, 6.45) is 2.83. The zero-order chi connectivity index (χ0) is 15.7. The monoisotopic (exact) mass is 301 g/mol. The van der Waals surface area contributed by atoms with E-state index < -0.39 is 0 Å². The minimum Gasteiger partial charge on any atom is -0.467 e. The highest BCUT2D eigenvalue weighted by Crippen LogP contribution is 2.47. The highest BCUT2D eigenvalue weighted by molar-refractivity contribution is 5.78. The second-order valence-electron chi connectivity index (χ2n) is 6.55. The highest BCUT2D eigenvalue weighted by Gasteiger charge is 2.36. The summed E-state index contributed by atoms with van der Waals surface area (Å²) >= 11 is 0. The number of amides is 1. The van der Waals surface area contributed by atoms with Crippen molar-refractivity contribution in [3.05, 3.63) is 47.8 Å². The van der Waals surface area contributed by atoms with Crippen LogP contribution in [0.1, 0.15) is 50.4 Å². The van der Waals surface area contributed by atoms with E-state index in [0.29, 0.717) is 19.0 Å². The van der Waals surface area contributed by atoms with Crippen LogP contribution < -0.4 is 0 Å². The van der Waals surface area contributed by atoms with Crippen molar-refractivity contribution in [3.8, 4) is 0 Å². The molecule has 1 aliphatic carbocycles. The van der Waals surface area contributed by atoms with Crippen molar-refractivity contribution in [2.24, 2.45) is 11.8 Å². The second kappa shape index (κ2) is 6.03. The molecule has 0 aliphatic heterocycles. The van der Waals surface area contributed by atoms with Crippen molar-refractivity contribution in [3.63, 3.8) is 0 Å². The lowest BCUT2D eigenvalue weighted by atomic mass is 10.2. The van der Waals surface area contributed by atoms with Gasteiger partial charge in [-0.15, -0.1) is 0 Å². The minimum atomic E-state index is -0.0483. The van der Waals surface area contributed by atoms with Crippen molar-refractivity contribution in [1.29, 1.82) is 0 Å². The molecular formula is C18H23NO3. The zero-order valence-electron chi connectivity index (χ0n) is 13.4. The number of carbonyl (C=O) groups excluding carboxylic acids is 1. The number of nitrogens with zero attached hydrogens (tertiary/aromatic N) is 1. The third-order valence-electron chi connectivity index (χ3n) is 4.24. The first-order valence-electron chi connectivity index (χ1n) is 7.94. The van der Waals surface area contributed by atoms with Gasteiger partial charge in [0.2, 0.25) is 5.91 Å². The molecule has 22 heavy (non-hydrogen) atoms. The van der Waals surface area contributed by atoms with Crippen LogP contribution in [0.5, 0.6) is 0 Å². The predicted molar refractivity (Wildman–Crippen MR) is 83.0 cm³/mol. The van der Waals surface area contributed by atoms with Crippen molar-refractivity contribution in [1.82, 2.24) is 4.90 Å². The molecule has 0 N–H and O–H groups in total. The number of hydrogen-bond acceptors (Lipinski definition) is 3. The molecule has 1 amide bonds. The van der Waals surface area contributed by atoms with Crippen LogP contribution in [0.15, 0.2) is 39.4 Å². The van der Waals surface area contributed by atoms with Gasteiger partial charge in [0.1, 0.15) is 17.3 Å². The van der Waals surface area contributed by atoms with E-state index in [9.17, 15) is 4.79 Å². The van der Waals surface area contributed by atoms with Crippen LogP contribution in [0.3, 0.4) is 0 Å². The number of rotatable bonds is 6. The van der Waals surface area contributed by atoms with Crippen molar-refractivity contribution < 1.29 is 13.6 Å². The number of carbonyl (C=O) groups is 1. The molecule has 2 atom stereocenters. The van der Waals surface area contributed by atoms with E-state index in [1.165, 1.54) is 6.42 Å². The van der Waals surface area contributed by atoms with Gasteiger partial charge in [-0.1, -0.05) is 20.8 Å². The topological polar surface area (TPSA) is 46.6 Å². The van der Waals surface area contributed by atoms with Crippen molar-refractivity contribution >= 4 is 5.91 Å². The van der Waals surface area contributed by atoms with Gasteiger partial charge in [-0.25, -0.2) is 0 Å². The van der Waals surface area contributed by atoms with Crippen LogP contribution in [-0.2, 0) is 17.9 Å². The normalized spacial score (nSPS) is 20.4. The van der Waals surface area contributed by atoms with E-state index in [-0.39, 0.29) is 11.8 Å². The fourth-order valence-electron chi connectivity index (χ4n) is 2.75. The van der Waals surface area contributed by atoms with E-state index in [1.807, 2.05) is 32.0 Å². The predicted octanol–water partition coefficient (Wildman–Crippen LogP) is 4.18. The van der Waals surface area contributed by atoms with Crippen LogP contribution in [0.2, 0.25) is 0 Å². The summed E-state index contributed by atoms with van der Waals surface area (Å²) in [6.45, 7) is 7.02. The lowest BCUT2D eigenvalue weighted by Crippen LogP contribution is -2.33. The summed E-state index contributed by atoms with van der Waals surface area (Å²) in [5, 5.41) is 0. The summed E-state index contributed by atoms with van der Waals surface area (Å²) in [6, 6.07) is 7.77. The summed E-state index contributed by atoms with van der Waals surface area (Å²) in [4.78, 5) is 14.2. The Labute approximate surface area is 131 Å². The Morgan fingerprint density at radius 2 is 2.00 bits per heavy atom. The number of hydrogen-bond donors (Lipinski definition) is 0. The van der Waals surface area contributed by atoms with Gasteiger partial charge >= 0.3 is 0 Å². The largest absolute Gasteiger partial charge is 0.467 e. The van der Waals surface area contributed by atoms with Gasteiger partial charge in [0.15, 0.2) is 0 Å². The van der Waals surface area contributed by atoms with Crippen LogP contribution in [0.4, 0.5) is 0 Å². The van der Waals surface area contributed by atoms with Crippen molar-refractivity contribution in [2.45, 2.75) is 46.2 Å². The van der Waals surface area contributed by atoms with Crippen molar-refractivity contribution in [2.75, 3.05) is 0 Å². The maximum absolute atomic E-state index is 12.4. The average Bonchev–Trinajstić information content (AvgIpc) is 2.92. The third kappa shape index (κ3) is 3.26. The summed E-state index contributed by atoms with van der Waals surface area (Å²) in [5.41, 5.74) is 0. The molecule has 0 bridgehead atoms. The van der Waals surface area contributed by atoms with E-state index in [0.717, 1.165) is 23.2 Å². The highest BCUT2D eigenvalue weighted by atomic mass is 16.3. The quantitative estimate of drug-likeness (QED) is 0.804. The third-order valence-corrected chi connectivity index (χ3v) is 4.24. The van der Waals surface area contributed by atoms with Crippen LogP contribution >= 0.6 is 0 Å². The maximum Gasteiger partial charge on any atom is 0.225 e. The molecule has 2 aromatic heterocycles. The van der Waals surface area contributed by atoms with Crippen LogP contribution in [-0.4, -0.2) is 10.8 Å². The average molecular weight is 301 g/mol. The summed E-state index contributed by atoms with van der Waals surface area (Å²) < 4.78 is 11.3. The molecule has 0 spiro atoms. The SMILES string of the molecule is CC(C)C(=O)N(Cc1ccco1)Cc1ccc(C2CC2C)o1. The Hall–Kier alpha value is -1.97. The molecule has 4 nitrogen and oxygen atoms in total. The maximum atomic E-state index is 12.4. The Balaban J connectivity index is 1.71.